The van der Waals surface area contributed by atoms with Crippen molar-refractivity contribution in [2.24, 2.45) is 0 Å². The van der Waals surface area contributed by atoms with Gasteiger partial charge < -0.3 is 20.7 Å². The fourth-order valence-corrected chi connectivity index (χ4v) is 3.92. The number of carbonyl (C=O) groups is 2. The Labute approximate surface area is 208 Å². The van der Waals surface area contributed by atoms with Crippen LogP contribution in [0.5, 0.6) is 0 Å². The molecule has 0 saturated carbocycles. The highest BCUT2D eigenvalue weighted by Crippen LogP contribution is 2.22. The smallest absolute Gasteiger partial charge is 0.323 e. The van der Waals surface area contributed by atoms with Crippen LogP contribution < -0.4 is 16.0 Å². The number of fused-ring (bicyclic) bond motifs is 1. The molecule has 4 aromatic rings. The number of rotatable bonds is 5. The van der Waals surface area contributed by atoms with Crippen molar-refractivity contribution in [1.82, 2.24) is 15.3 Å². The first kappa shape index (κ1) is 24.3. The zero-order valence-corrected chi connectivity index (χ0v) is 19.2. The first-order valence-corrected chi connectivity index (χ1v) is 11.3. The maximum Gasteiger partial charge on any atom is 0.323 e. The molecule has 1 aliphatic rings. The van der Waals surface area contributed by atoms with Gasteiger partial charge in [-0.05, 0) is 42.5 Å². The topological polar surface area (TPSA) is 105 Å². The van der Waals surface area contributed by atoms with Gasteiger partial charge in [0.15, 0.2) is 11.6 Å². The van der Waals surface area contributed by atoms with E-state index in [1.54, 1.807) is 6.07 Å². The molecule has 3 heterocycles. The van der Waals surface area contributed by atoms with Gasteiger partial charge in [-0.3, -0.25) is 9.78 Å². The summed E-state index contributed by atoms with van der Waals surface area (Å²) in [4.78, 5) is 34.1. The molecule has 8 nitrogen and oxygen atoms in total. The predicted molar refractivity (Wildman–Crippen MR) is 130 cm³/mol. The molecule has 1 unspecified atom stereocenters. The molecule has 0 aliphatic carbocycles. The van der Waals surface area contributed by atoms with Gasteiger partial charge in [0.2, 0.25) is 5.78 Å². The highest BCUT2D eigenvalue weighted by atomic mass is 19.2. The van der Waals surface area contributed by atoms with Crippen LogP contribution in [-0.4, -0.2) is 41.5 Å². The van der Waals surface area contributed by atoms with Gasteiger partial charge in [-0.2, -0.15) is 0 Å². The number of halogens is 3. The van der Waals surface area contributed by atoms with Crippen LogP contribution in [0, 0.1) is 17.5 Å². The van der Waals surface area contributed by atoms with E-state index in [2.05, 4.69) is 25.9 Å². The van der Waals surface area contributed by atoms with Gasteiger partial charge in [-0.1, -0.05) is 6.07 Å². The lowest BCUT2D eigenvalue weighted by molar-refractivity contribution is 0.0757. The number of nitrogens with zero attached hydrogens (tertiary/aromatic N) is 2. The zero-order chi connectivity index (χ0) is 25.9. The summed E-state index contributed by atoms with van der Waals surface area (Å²) in [6.07, 6.45) is 1.48. The van der Waals surface area contributed by atoms with Crippen LogP contribution in [0.15, 0.2) is 60.8 Å². The number of amides is 2. The van der Waals surface area contributed by atoms with Crippen molar-refractivity contribution in [2.75, 3.05) is 30.4 Å². The number of ether oxygens (including phenoxy) is 1. The van der Waals surface area contributed by atoms with Crippen molar-refractivity contribution in [3.63, 3.8) is 0 Å². The van der Waals surface area contributed by atoms with E-state index in [9.17, 15) is 22.8 Å². The molecule has 2 aromatic carbocycles. The fourth-order valence-electron chi connectivity index (χ4n) is 3.92. The minimum absolute atomic E-state index is 0.00646. The molecular weight excluding hydrogens is 487 g/mol. The lowest BCUT2D eigenvalue weighted by atomic mass is 10.0. The number of morpholine rings is 1. The molecule has 37 heavy (non-hydrogen) atoms. The largest absolute Gasteiger partial charge is 0.378 e. The molecule has 1 aliphatic heterocycles. The van der Waals surface area contributed by atoms with Crippen molar-refractivity contribution in [2.45, 2.75) is 6.04 Å². The van der Waals surface area contributed by atoms with E-state index in [0.717, 1.165) is 36.5 Å². The average molecular weight is 507 g/mol. The summed E-state index contributed by atoms with van der Waals surface area (Å²) in [7, 11) is 0. The molecule has 2 aromatic heterocycles. The van der Waals surface area contributed by atoms with E-state index < -0.39 is 29.3 Å². The van der Waals surface area contributed by atoms with Crippen LogP contribution in [0.25, 0.3) is 10.9 Å². The van der Waals surface area contributed by atoms with Crippen LogP contribution in [0.1, 0.15) is 27.8 Å². The van der Waals surface area contributed by atoms with Crippen molar-refractivity contribution in [1.29, 1.82) is 0 Å². The van der Waals surface area contributed by atoms with E-state index in [-0.39, 0.29) is 28.7 Å². The van der Waals surface area contributed by atoms with E-state index in [0.29, 0.717) is 24.1 Å². The second-order valence-electron chi connectivity index (χ2n) is 8.35. The predicted octanol–water partition coefficient (Wildman–Crippen LogP) is 4.58. The first-order valence-electron chi connectivity index (χ1n) is 11.3. The van der Waals surface area contributed by atoms with E-state index in [1.807, 2.05) is 12.1 Å². The van der Waals surface area contributed by atoms with E-state index in [4.69, 9.17) is 4.74 Å². The maximum atomic E-state index is 14.3. The standard InChI is InChI=1S/C26H20F3N5O3/c27-16-7-15(8-18(10-16)33-26(36)32-17-2-3-19(28)20(29)11-17)25(35)22-9-14-1-4-21(34-23(14)12-31-22)24-13-37-6-5-30-24/h1-4,7-12,24,30H,5-6,13H2,(H2,32,33,36). The lowest BCUT2D eigenvalue weighted by Gasteiger charge is -2.23. The number of urea groups is 1. The van der Waals surface area contributed by atoms with Crippen LogP contribution in [0.4, 0.5) is 29.3 Å². The molecule has 0 radical (unpaired) electrons. The number of nitrogens with one attached hydrogen (secondary N) is 3. The Morgan fingerprint density at radius 3 is 2.57 bits per heavy atom. The summed E-state index contributed by atoms with van der Waals surface area (Å²) in [5.41, 5.74) is 1.41. The molecule has 2 amide bonds. The van der Waals surface area contributed by atoms with E-state index in [1.165, 1.54) is 18.3 Å². The summed E-state index contributed by atoms with van der Waals surface area (Å²) in [5.74, 6) is -3.51. The molecule has 5 rings (SSSR count). The number of hydrogen-bond donors (Lipinski definition) is 3. The number of carbonyl (C=O) groups excluding carboxylic acids is 2. The molecule has 0 spiro atoms. The number of benzene rings is 2. The molecular formula is C26H20F3N5O3. The highest BCUT2D eigenvalue weighted by Gasteiger charge is 2.18. The number of ketones is 1. The normalized spacial score (nSPS) is 15.4. The third kappa shape index (κ3) is 5.57. The number of aromatic nitrogens is 2. The number of anilines is 2. The minimum atomic E-state index is -1.13. The second kappa shape index (κ2) is 10.3. The molecule has 11 heteroatoms. The average Bonchev–Trinajstić information content (AvgIpc) is 2.90. The fraction of sp³-hybridized carbons (Fsp3) is 0.154. The van der Waals surface area contributed by atoms with Gasteiger partial charge in [0.05, 0.1) is 36.7 Å². The quantitative estimate of drug-likeness (QED) is 0.342. The van der Waals surface area contributed by atoms with E-state index >= 15 is 0 Å². The SMILES string of the molecule is O=C(Nc1cc(F)cc(C(=O)c2cc3ccc(C4COCCN4)nc3cn2)c1)Nc1ccc(F)c(F)c1. The minimum Gasteiger partial charge on any atom is -0.378 e. The first-order chi connectivity index (χ1) is 17.9. The van der Waals surface area contributed by atoms with Gasteiger partial charge in [0.25, 0.3) is 0 Å². The van der Waals surface area contributed by atoms with Crippen LogP contribution in [-0.2, 0) is 4.74 Å². The monoisotopic (exact) mass is 507 g/mol. The molecule has 1 fully saturated rings. The second-order valence-corrected chi connectivity index (χ2v) is 8.35. The van der Waals surface area contributed by atoms with Gasteiger partial charge in [-0.25, -0.2) is 22.9 Å². The summed E-state index contributed by atoms with van der Waals surface area (Å²) in [6.45, 7) is 1.89. The zero-order valence-electron chi connectivity index (χ0n) is 19.2. The van der Waals surface area contributed by atoms with Crippen LogP contribution >= 0.6 is 0 Å². The number of pyridine rings is 2. The lowest BCUT2D eigenvalue weighted by Crippen LogP contribution is -2.35. The summed E-state index contributed by atoms with van der Waals surface area (Å²) >= 11 is 0. The van der Waals surface area contributed by atoms with Crippen LogP contribution in [0.3, 0.4) is 0 Å². The molecule has 0 bridgehead atoms. The summed E-state index contributed by atoms with van der Waals surface area (Å²) < 4.78 is 46.2. The Balaban J connectivity index is 1.33. The van der Waals surface area contributed by atoms with Gasteiger partial charge in [0.1, 0.15) is 11.5 Å². The van der Waals surface area contributed by atoms with Gasteiger partial charge in [-0.15, -0.1) is 0 Å². The molecule has 188 valence electrons. The Morgan fingerprint density at radius 2 is 1.78 bits per heavy atom. The van der Waals surface area contributed by atoms with Crippen molar-refractivity contribution >= 4 is 34.1 Å². The van der Waals surface area contributed by atoms with Gasteiger partial charge >= 0.3 is 6.03 Å². The van der Waals surface area contributed by atoms with Crippen molar-refractivity contribution in [3.05, 3.63) is 95.2 Å². The molecule has 3 N–H and O–H groups in total. The third-order valence-electron chi connectivity index (χ3n) is 5.70. The maximum absolute atomic E-state index is 14.3. The highest BCUT2D eigenvalue weighted by molar-refractivity contribution is 6.10. The molecule has 1 atom stereocenters. The summed E-state index contributed by atoms with van der Waals surface area (Å²) in [5, 5.41) is 8.69. The van der Waals surface area contributed by atoms with Gasteiger partial charge in [0, 0.05) is 34.9 Å². The third-order valence-corrected chi connectivity index (χ3v) is 5.70. The Bertz CT molecular complexity index is 1510. The molecule has 1 saturated heterocycles. The summed E-state index contributed by atoms with van der Waals surface area (Å²) in [6, 6.07) is 10.5. The van der Waals surface area contributed by atoms with Crippen molar-refractivity contribution < 1.29 is 27.5 Å². The number of hydrogen-bond acceptors (Lipinski definition) is 6. The van der Waals surface area contributed by atoms with Crippen LogP contribution in [0.2, 0.25) is 0 Å². The Hall–Kier alpha value is -4.35. The Kier molecular flexibility index (Phi) is 6.80. The van der Waals surface area contributed by atoms with Crippen molar-refractivity contribution in [3.8, 4) is 0 Å². The Morgan fingerprint density at radius 1 is 0.946 bits per heavy atom.